The van der Waals surface area contributed by atoms with Gasteiger partial charge in [-0.1, -0.05) is 187 Å². The Hall–Kier alpha value is -4.31. The van der Waals surface area contributed by atoms with Crippen LogP contribution in [0.25, 0.3) is 12.2 Å². The molecule has 0 aliphatic rings. The van der Waals surface area contributed by atoms with Crippen molar-refractivity contribution in [3.8, 4) is 0 Å². The molecule has 0 aliphatic heterocycles. The Bertz CT molecular complexity index is 1840. The third kappa shape index (κ3) is 8.64. The molecule has 0 bridgehead atoms. The quantitative estimate of drug-likeness (QED) is 0.0973. The molecule has 0 aliphatic carbocycles. The molecule has 1 heterocycles. The molecule has 0 saturated carbocycles. The molecule has 1 aromatic heterocycles. The number of benzene rings is 5. The van der Waals surface area contributed by atoms with Gasteiger partial charge in [0.15, 0.2) is 0 Å². The molecule has 3 nitrogen and oxygen atoms in total. The highest BCUT2D eigenvalue weighted by Crippen LogP contribution is 2.38. The third-order valence-electron chi connectivity index (χ3n) is 10.4. The minimum atomic E-state index is -2.70. The largest absolute Gasteiger partial charge is 0.406 e. The molecule has 0 radical (unpaired) electrons. The van der Waals surface area contributed by atoms with Gasteiger partial charge in [0.2, 0.25) is 0 Å². The van der Waals surface area contributed by atoms with Gasteiger partial charge in [0.25, 0.3) is 16.6 Å². The number of rotatable bonds is 15. The maximum atomic E-state index is 7.42. The first-order valence-electron chi connectivity index (χ1n) is 19.1. The van der Waals surface area contributed by atoms with Crippen LogP contribution in [0.5, 0.6) is 0 Å². The second-order valence-corrected chi connectivity index (χ2v) is 25.5. The van der Waals surface area contributed by atoms with E-state index >= 15 is 0 Å². The van der Waals surface area contributed by atoms with Gasteiger partial charge in [0.05, 0.1) is 13.2 Å². The van der Waals surface area contributed by atoms with E-state index in [4.69, 9.17) is 8.85 Å². The summed E-state index contributed by atoms with van der Waals surface area (Å²) in [7, 11) is -5.39. The second-order valence-electron chi connectivity index (χ2n) is 16.0. The average molecular weight is 766 g/mol. The highest BCUT2D eigenvalue weighted by molar-refractivity contribution is 7.10. The van der Waals surface area contributed by atoms with Crippen molar-refractivity contribution < 1.29 is 8.85 Å². The molecule has 54 heavy (non-hydrogen) atoms. The maximum Gasteiger partial charge on any atom is 0.261 e. The van der Waals surface area contributed by atoms with Crippen molar-refractivity contribution in [1.82, 2.24) is 0 Å². The summed E-state index contributed by atoms with van der Waals surface area (Å²) in [6, 6.07) is 56.9. The summed E-state index contributed by atoms with van der Waals surface area (Å²) in [5.41, 5.74) is 2.35. The number of thiophene rings is 1. The lowest BCUT2D eigenvalue weighted by molar-refractivity contribution is 0.285. The summed E-state index contributed by atoms with van der Waals surface area (Å²) in [4.78, 5) is 3.71. The molecule has 0 fully saturated rings. The van der Waals surface area contributed by atoms with Gasteiger partial charge < -0.3 is 13.8 Å². The molecule has 0 N–H and O–H groups in total. The van der Waals surface area contributed by atoms with Crippen LogP contribution in [0.3, 0.4) is 0 Å². The lowest BCUT2D eigenvalue weighted by Gasteiger charge is -2.44. The van der Waals surface area contributed by atoms with Gasteiger partial charge in [0.1, 0.15) is 0 Å². The molecule has 6 rings (SSSR count). The van der Waals surface area contributed by atoms with E-state index in [2.05, 4.69) is 222 Å². The zero-order valence-electron chi connectivity index (χ0n) is 32.7. The van der Waals surface area contributed by atoms with Crippen LogP contribution in [-0.2, 0) is 8.85 Å². The standard InChI is InChI=1S/C48H55NO2SSi2/c1-47(2,3)53(43-21-11-7-12-22-43,44-23-13-8-14-24-44)50-37-35-49(41-32-29-40(30-33-41)31-34-42-20-19-39-52-42)36-38-51-54(48(4,5)6,45-25-15-9-16-26-45)46-27-17-10-18-28-46/h7-34,39H,35-38H2,1-6H3/b34-31+. The minimum absolute atomic E-state index is 0.0938. The van der Waals surface area contributed by atoms with Crippen molar-refractivity contribution >= 4 is 66.6 Å². The third-order valence-corrected chi connectivity index (χ3v) is 21.4. The molecule has 0 spiro atoms. The van der Waals surface area contributed by atoms with Crippen molar-refractivity contribution in [1.29, 1.82) is 0 Å². The minimum Gasteiger partial charge on any atom is -0.406 e. The molecule has 278 valence electrons. The van der Waals surface area contributed by atoms with Crippen LogP contribution in [0, 0.1) is 0 Å². The van der Waals surface area contributed by atoms with Gasteiger partial charge in [-0.25, -0.2) is 0 Å². The predicted molar refractivity (Wildman–Crippen MR) is 239 cm³/mol. The lowest BCUT2D eigenvalue weighted by atomic mass is 10.1. The van der Waals surface area contributed by atoms with Crippen molar-refractivity contribution in [2.45, 2.75) is 51.6 Å². The Morgan fingerprint density at radius 2 is 0.870 bits per heavy atom. The first-order chi connectivity index (χ1) is 26.0. The normalized spacial score (nSPS) is 12.6. The smallest absolute Gasteiger partial charge is 0.261 e. The molecule has 0 amide bonds. The zero-order valence-corrected chi connectivity index (χ0v) is 35.6. The first kappa shape index (κ1) is 39.4. The summed E-state index contributed by atoms with van der Waals surface area (Å²) in [6.45, 7) is 16.7. The summed E-state index contributed by atoms with van der Waals surface area (Å²) in [5.74, 6) is 0. The Labute approximate surface area is 330 Å². The second kappa shape index (κ2) is 17.4. The summed E-state index contributed by atoms with van der Waals surface area (Å²) in [6.07, 6.45) is 4.38. The van der Waals surface area contributed by atoms with Crippen LogP contribution in [0.2, 0.25) is 10.1 Å². The lowest BCUT2D eigenvalue weighted by Crippen LogP contribution is -2.67. The van der Waals surface area contributed by atoms with Gasteiger partial charge in [-0.3, -0.25) is 0 Å². The van der Waals surface area contributed by atoms with E-state index in [9.17, 15) is 0 Å². The fraction of sp³-hybridized carbons (Fsp3) is 0.250. The molecule has 6 heteroatoms. The van der Waals surface area contributed by atoms with E-state index in [1.165, 1.54) is 36.9 Å². The Kier molecular flexibility index (Phi) is 12.7. The Morgan fingerprint density at radius 1 is 0.481 bits per heavy atom. The van der Waals surface area contributed by atoms with E-state index < -0.39 is 16.6 Å². The van der Waals surface area contributed by atoms with Crippen molar-refractivity contribution in [2.75, 3.05) is 31.2 Å². The van der Waals surface area contributed by atoms with Crippen LogP contribution in [0.15, 0.2) is 163 Å². The van der Waals surface area contributed by atoms with Gasteiger partial charge in [-0.05, 0) is 66.0 Å². The van der Waals surface area contributed by atoms with E-state index in [1.54, 1.807) is 11.3 Å². The highest BCUT2D eigenvalue weighted by atomic mass is 32.1. The van der Waals surface area contributed by atoms with Crippen molar-refractivity contribution in [2.24, 2.45) is 0 Å². The van der Waals surface area contributed by atoms with E-state index in [0.717, 1.165) is 13.1 Å². The van der Waals surface area contributed by atoms with Crippen LogP contribution in [0.1, 0.15) is 52.0 Å². The summed E-state index contributed by atoms with van der Waals surface area (Å²) >= 11 is 1.75. The Morgan fingerprint density at radius 3 is 1.20 bits per heavy atom. The molecular weight excluding hydrogens is 711 g/mol. The predicted octanol–water partition coefficient (Wildman–Crippen LogP) is 9.88. The molecule has 0 atom stereocenters. The number of hydrogen-bond donors (Lipinski definition) is 0. The molecule has 0 saturated heterocycles. The topological polar surface area (TPSA) is 21.7 Å². The van der Waals surface area contributed by atoms with Gasteiger partial charge in [-0.15, -0.1) is 11.3 Å². The Balaban J connectivity index is 1.32. The molecule has 6 aromatic rings. The van der Waals surface area contributed by atoms with Crippen molar-refractivity contribution in [3.63, 3.8) is 0 Å². The van der Waals surface area contributed by atoms with Crippen LogP contribution in [0.4, 0.5) is 5.69 Å². The van der Waals surface area contributed by atoms with E-state index in [-0.39, 0.29) is 10.1 Å². The summed E-state index contributed by atoms with van der Waals surface area (Å²) < 4.78 is 14.8. The number of anilines is 1. The first-order valence-corrected chi connectivity index (χ1v) is 23.8. The zero-order chi connectivity index (χ0) is 38.1. The number of nitrogens with zero attached hydrogens (tertiary/aromatic N) is 1. The monoisotopic (exact) mass is 765 g/mol. The summed E-state index contributed by atoms with van der Waals surface area (Å²) in [5, 5.41) is 7.12. The fourth-order valence-electron chi connectivity index (χ4n) is 7.87. The van der Waals surface area contributed by atoms with Crippen molar-refractivity contribution in [3.05, 3.63) is 174 Å². The highest BCUT2D eigenvalue weighted by Gasteiger charge is 2.51. The van der Waals surface area contributed by atoms with Gasteiger partial charge in [0, 0.05) is 23.7 Å². The van der Waals surface area contributed by atoms with Crippen LogP contribution >= 0.6 is 11.3 Å². The van der Waals surface area contributed by atoms with E-state index in [1.807, 2.05) is 0 Å². The van der Waals surface area contributed by atoms with E-state index in [0.29, 0.717) is 13.2 Å². The maximum absolute atomic E-state index is 7.42. The fourth-order valence-corrected chi connectivity index (χ4v) is 17.6. The molecular formula is C48H55NO2SSi2. The molecule has 0 unspecified atom stereocenters. The average Bonchev–Trinajstić information content (AvgIpc) is 3.71. The van der Waals surface area contributed by atoms with Crippen LogP contribution in [-0.4, -0.2) is 42.9 Å². The number of hydrogen-bond acceptors (Lipinski definition) is 4. The van der Waals surface area contributed by atoms with Crippen LogP contribution < -0.4 is 25.6 Å². The van der Waals surface area contributed by atoms with Gasteiger partial charge in [-0.2, -0.15) is 0 Å². The molecule has 5 aromatic carbocycles. The van der Waals surface area contributed by atoms with Gasteiger partial charge >= 0.3 is 0 Å². The SMILES string of the molecule is CC(C)(C)[Si](OCCN(CCO[Si](c1ccccc1)(c1ccccc1)C(C)(C)C)c1ccc(/C=C/c2cccs2)cc1)(c1ccccc1)c1ccccc1.